The lowest BCUT2D eigenvalue weighted by Crippen LogP contribution is -2.48. The third-order valence-electron chi connectivity index (χ3n) is 4.09. The number of rotatable bonds is 2. The van der Waals surface area contributed by atoms with Gasteiger partial charge in [0.05, 0.1) is 25.7 Å². The SMILES string of the molecule is Cn1cc([C@]2(C)CN(c3ncnc4nc[nH]c34)CCO2)cn1. The molecule has 0 saturated carbocycles. The Morgan fingerprint density at radius 1 is 1.32 bits per heavy atom. The maximum atomic E-state index is 6.05. The standard InChI is InChI=1S/C14H17N7O/c1-14(10-5-19-20(2)6-10)7-21(3-4-22-14)13-11-12(16-8-15-11)17-9-18-13/h5-6,8-9H,3-4,7H2,1-2H3,(H,15,16,17,18)/t14-/m0/s1. The van der Waals surface area contributed by atoms with E-state index in [-0.39, 0.29) is 0 Å². The van der Waals surface area contributed by atoms with Crippen molar-refractivity contribution in [1.29, 1.82) is 0 Å². The number of morpholine rings is 1. The maximum Gasteiger partial charge on any atom is 0.182 e. The van der Waals surface area contributed by atoms with Crippen LogP contribution in [0.15, 0.2) is 25.0 Å². The number of aryl methyl sites for hydroxylation is 1. The van der Waals surface area contributed by atoms with Crippen molar-refractivity contribution in [3.8, 4) is 0 Å². The zero-order valence-electron chi connectivity index (χ0n) is 12.5. The summed E-state index contributed by atoms with van der Waals surface area (Å²) in [4.78, 5) is 18.1. The van der Waals surface area contributed by atoms with Crippen LogP contribution in [0.25, 0.3) is 11.2 Å². The van der Waals surface area contributed by atoms with Gasteiger partial charge >= 0.3 is 0 Å². The number of imidazole rings is 1. The lowest BCUT2D eigenvalue weighted by molar-refractivity contribution is -0.0467. The van der Waals surface area contributed by atoms with Crippen LogP contribution in [-0.2, 0) is 17.4 Å². The Hall–Kier alpha value is -2.48. The van der Waals surface area contributed by atoms with Crippen molar-refractivity contribution in [2.24, 2.45) is 7.05 Å². The highest BCUT2D eigenvalue weighted by Crippen LogP contribution is 2.32. The first-order valence-corrected chi connectivity index (χ1v) is 7.18. The van der Waals surface area contributed by atoms with Crippen molar-refractivity contribution in [2.75, 3.05) is 24.6 Å². The monoisotopic (exact) mass is 299 g/mol. The van der Waals surface area contributed by atoms with Gasteiger partial charge in [0.25, 0.3) is 0 Å². The fraction of sp³-hybridized carbons (Fsp3) is 0.429. The summed E-state index contributed by atoms with van der Waals surface area (Å²) >= 11 is 0. The molecule has 114 valence electrons. The van der Waals surface area contributed by atoms with Gasteiger partial charge in [0.2, 0.25) is 0 Å². The molecule has 3 aromatic rings. The summed E-state index contributed by atoms with van der Waals surface area (Å²) < 4.78 is 7.84. The van der Waals surface area contributed by atoms with Crippen molar-refractivity contribution in [1.82, 2.24) is 29.7 Å². The number of hydrogen-bond acceptors (Lipinski definition) is 6. The predicted molar refractivity (Wildman–Crippen MR) is 80.4 cm³/mol. The maximum absolute atomic E-state index is 6.05. The van der Waals surface area contributed by atoms with Crippen molar-refractivity contribution in [2.45, 2.75) is 12.5 Å². The van der Waals surface area contributed by atoms with Gasteiger partial charge < -0.3 is 14.6 Å². The number of H-pyrrole nitrogens is 1. The van der Waals surface area contributed by atoms with Gasteiger partial charge in [-0.25, -0.2) is 15.0 Å². The Bertz CT molecular complexity index is 810. The molecule has 3 aromatic heterocycles. The van der Waals surface area contributed by atoms with E-state index in [0.29, 0.717) is 18.8 Å². The average Bonchev–Trinajstić information content (AvgIpc) is 3.15. The first-order valence-electron chi connectivity index (χ1n) is 7.18. The molecule has 8 heteroatoms. The Morgan fingerprint density at radius 2 is 2.23 bits per heavy atom. The zero-order chi connectivity index (χ0) is 15.2. The molecule has 1 atom stereocenters. The summed E-state index contributed by atoms with van der Waals surface area (Å²) in [5.41, 5.74) is 2.19. The highest BCUT2D eigenvalue weighted by Gasteiger charge is 2.36. The lowest BCUT2D eigenvalue weighted by Gasteiger charge is -2.40. The van der Waals surface area contributed by atoms with Crippen LogP contribution in [0.2, 0.25) is 0 Å². The predicted octanol–water partition coefficient (Wildman–Crippen LogP) is 0.838. The number of aromatic nitrogens is 6. The van der Waals surface area contributed by atoms with Crippen LogP contribution in [0, 0.1) is 0 Å². The number of hydrogen-bond donors (Lipinski definition) is 1. The van der Waals surface area contributed by atoms with E-state index in [1.165, 1.54) is 0 Å². The molecule has 8 nitrogen and oxygen atoms in total. The van der Waals surface area contributed by atoms with Gasteiger partial charge in [-0.3, -0.25) is 4.68 Å². The number of fused-ring (bicyclic) bond motifs is 1. The molecule has 0 bridgehead atoms. The molecule has 1 fully saturated rings. The minimum Gasteiger partial charge on any atom is -0.367 e. The molecule has 1 saturated heterocycles. The molecule has 0 unspecified atom stereocenters. The van der Waals surface area contributed by atoms with Gasteiger partial charge in [-0.15, -0.1) is 0 Å². The van der Waals surface area contributed by atoms with Gasteiger partial charge in [-0.1, -0.05) is 0 Å². The summed E-state index contributed by atoms with van der Waals surface area (Å²) in [5, 5.41) is 4.25. The van der Waals surface area contributed by atoms with Crippen LogP contribution in [0.4, 0.5) is 5.82 Å². The quantitative estimate of drug-likeness (QED) is 0.755. The van der Waals surface area contributed by atoms with Crippen molar-refractivity contribution in [3.63, 3.8) is 0 Å². The Morgan fingerprint density at radius 3 is 3.05 bits per heavy atom. The van der Waals surface area contributed by atoms with E-state index in [1.54, 1.807) is 17.3 Å². The number of anilines is 1. The number of nitrogens with one attached hydrogen (secondary N) is 1. The van der Waals surface area contributed by atoms with Crippen LogP contribution in [0.1, 0.15) is 12.5 Å². The smallest absolute Gasteiger partial charge is 0.182 e. The summed E-state index contributed by atoms with van der Waals surface area (Å²) in [6.07, 6.45) is 7.05. The van der Waals surface area contributed by atoms with Gasteiger partial charge in [0.1, 0.15) is 17.4 Å². The van der Waals surface area contributed by atoms with Crippen molar-refractivity contribution >= 4 is 17.0 Å². The Kier molecular flexibility index (Phi) is 2.86. The summed E-state index contributed by atoms with van der Waals surface area (Å²) in [7, 11) is 1.91. The number of nitrogens with zero attached hydrogens (tertiary/aromatic N) is 6. The van der Waals surface area contributed by atoms with Gasteiger partial charge in [0, 0.05) is 25.4 Å². The summed E-state index contributed by atoms with van der Waals surface area (Å²) in [6.45, 7) is 4.19. The van der Waals surface area contributed by atoms with E-state index in [9.17, 15) is 0 Å². The number of ether oxygens (including phenoxy) is 1. The van der Waals surface area contributed by atoms with Crippen LogP contribution in [-0.4, -0.2) is 49.4 Å². The molecule has 4 heterocycles. The normalized spacial score (nSPS) is 22.4. The first kappa shape index (κ1) is 13.2. The Balaban J connectivity index is 1.70. The number of aromatic amines is 1. The Labute approximate surface area is 127 Å². The van der Waals surface area contributed by atoms with Crippen LogP contribution in [0.3, 0.4) is 0 Å². The molecule has 0 radical (unpaired) electrons. The van der Waals surface area contributed by atoms with E-state index in [1.807, 2.05) is 19.4 Å². The molecule has 0 aromatic carbocycles. The fourth-order valence-electron chi connectivity index (χ4n) is 2.91. The minimum absolute atomic E-state index is 0.413. The average molecular weight is 299 g/mol. The fourth-order valence-corrected chi connectivity index (χ4v) is 2.91. The largest absolute Gasteiger partial charge is 0.367 e. The molecule has 1 N–H and O–H groups in total. The molecular formula is C14H17N7O. The van der Waals surface area contributed by atoms with Crippen LogP contribution < -0.4 is 4.90 Å². The third kappa shape index (κ3) is 2.03. The van der Waals surface area contributed by atoms with E-state index < -0.39 is 5.60 Å². The summed E-state index contributed by atoms with van der Waals surface area (Å²) in [6, 6.07) is 0. The zero-order valence-corrected chi connectivity index (χ0v) is 12.5. The second-order valence-electron chi connectivity index (χ2n) is 5.70. The van der Waals surface area contributed by atoms with Crippen LogP contribution in [0.5, 0.6) is 0 Å². The molecule has 1 aliphatic rings. The third-order valence-corrected chi connectivity index (χ3v) is 4.09. The molecule has 4 rings (SSSR count). The molecule has 1 aliphatic heterocycles. The lowest BCUT2D eigenvalue weighted by atomic mass is 9.97. The topological polar surface area (TPSA) is 84.8 Å². The second kappa shape index (κ2) is 4.77. The van der Waals surface area contributed by atoms with Gasteiger partial charge in [-0.05, 0) is 6.92 Å². The first-order chi connectivity index (χ1) is 10.7. The second-order valence-corrected chi connectivity index (χ2v) is 5.70. The molecule has 0 spiro atoms. The molecule has 0 amide bonds. The molecular weight excluding hydrogens is 282 g/mol. The summed E-state index contributed by atoms with van der Waals surface area (Å²) in [5.74, 6) is 0.862. The van der Waals surface area contributed by atoms with Crippen LogP contribution >= 0.6 is 0 Å². The highest BCUT2D eigenvalue weighted by molar-refractivity contribution is 5.82. The van der Waals surface area contributed by atoms with Gasteiger partial charge in [0.15, 0.2) is 11.5 Å². The van der Waals surface area contributed by atoms with Crippen molar-refractivity contribution in [3.05, 3.63) is 30.6 Å². The van der Waals surface area contributed by atoms with Gasteiger partial charge in [-0.2, -0.15) is 5.10 Å². The molecule has 22 heavy (non-hydrogen) atoms. The highest BCUT2D eigenvalue weighted by atomic mass is 16.5. The molecule has 0 aliphatic carbocycles. The van der Waals surface area contributed by atoms with E-state index in [0.717, 1.165) is 23.4 Å². The van der Waals surface area contributed by atoms with E-state index in [4.69, 9.17) is 4.74 Å². The van der Waals surface area contributed by atoms with Crippen molar-refractivity contribution < 1.29 is 4.74 Å². The van der Waals surface area contributed by atoms with E-state index in [2.05, 4.69) is 36.9 Å². The minimum atomic E-state index is -0.413. The van der Waals surface area contributed by atoms with E-state index >= 15 is 0 Å².